The fourth-order valence-electron chi connectivity index (χ4n) is 2.84. The molecule has 1 heterocycles. The molecule has 20 heavy (non-hydrogen) atoms. The van der Waals surface area contributed by atoms with E-state index in [4.69, 9.17) is 0 Å². The lowest BCUT2D eigenvalue weighted by molar-refractivity contribution is 0.581. The highest BCUT2D eigenvalue weighted by Crippen LogP contribution is 2.25. The molecular formula is C15H20N2O2S. The number of anilines is 1. The van der Waals surface area contributed by atoms with E-state index in [9.17, 15) is 8.42 Å². The minimum atomic E-state index is -3.38. The van der Waals surface area contributed by atoms with Gasteiger partial charge in [0.15, 0.2) is 0 Å². The molecule has 5 heteroatoms. The predicted octanol–water partition coefficient (Wildman–Crippen LogP) is 2.43. The lowest BCUT2D eigenvalue weighted by atomic mass is 10.2. The lowest BCUT2D eigenvalue weighted by Gasteiger charge is -2.09. The molecule has 1 aliphatic carbocycles. The molecule has 0 bridgehead atoms. The van der Waals surface area contributed by atoms with E-state index >= 15 is 0 Å². The van der Waals surface area contributed by atoms with Crippen molar-refractivity contribution >= 4 is 15.7 Å². The highest BCUT2D eigenvalue weighted by molar-refractivity contribution is 7.89. The van der Waals surface area contributed by atoms with Crippen molar-refractivity contribution in [3.05, 3.63) is 35.4 Å². The normalized spacial score (nSPS) is 17.7. The molecule has 0 unspecified atom stereocenters. The maximum absolute atomic E-state index is 12.3. The van der Waals surface area contributed by atoms with Crippen LogP contribution in [0.5, 0.6) is 0 Å². The van der Waals surface area contributed by atoms with Crippen LogP contribution in [0.15, 0.2) is 34.7 Å². The standard InChI is InChI=1S/C15H20N2O2S/c18-20(19,17-10-7-12-3-1-2-4-12)14-5-6-15-13(11-14)8-9-16-15/h3,5-6,11,16-17H,1-2,4,7-10H2. The van der Waals surface area contributed by atoms with Gasteiger partial charge in [0.05, 0.1) is 4.90 Å². The van der Waals surface area contributed by atoms with Gasteiger partial charge in [0.2, 0.25) is 10.0 Å². The number of allylic oxidation sites excluding steroid dienone is 1. The third-order valence-corrected chi connectivity index (χ3v) is 5.43. The van der Waals surface area contributed by atoms with Gasteiger partial charge in [0.25, 0.3) is 0 Å². The van der Waals surface area contributed by atoms with Crippen LogP contribution in [0, 0.1) is 0 Å². The number of sulfonamides is 1. The smallest absolute Gasteiger partial charge is 0.240 e. The fourth-order valence-corrected chi connectivity index (χ4v) is 3.92. The molecule has 108 valence electrons. The van der Waals surface area contributed by atoms with Crippen LogP contribution >= 0.6 is 0 Å². The maximum Gasteiger partial charge on any atom is 0.240 e. The number of benzene rings is 1. The largest absolute Gasteiger partial charge is 0.384 e. The van der Waals surface area contributed by atoms with Crippen LogP contribution in [-0.4, -0.2) is 21.5 Å². The Morgan fingerprint density at radius 3 is 2.95 bits per heavy atom. The first kappa shape index (κ1) is 13.6. The van der Waals surface area contributed by atoms with Crippen molar-refractivity contribution in [2.75, 3.05) is 18.4 Å². The first-order valence-electron chi connectivity index (χ1n) is 7.19. The molecule has 2 N–H and O–H groups in total. The number of hydrogen-bond donors (Lipinski definition) is 2. The zero-order valence-corrected chi connectivity index (χ0v) is 12.3. The van der Waals surface area contributed by atoms with Gasteiger partial charge in [0.1, 0.15) is 0 Å². The van der Waals surface area contributed by atoms with Crippen LogP contribution in [0.2, 0.25) is 0 Å². The van der Waals surface area contributed by atoms with Crippen molar-refractivity contribution in [1.82, 2.24) is 4.72 Å². The van der Waals surface area contributed by atoms with Crippen molar-refractivity contribution in [3.8, 4) is 0 Å². The van der Waals surface area contributed by atoms with E-state index in [-0.39, 0.29) is 0 Å². The maximum atomic E-state index is 12.3. The summed E-state index contributed by atoms with van der Waals surface area (Å²) in [6.07, 6.45) is 7.42. The Labute approximate surface area is 120 Å². The first-order valence-corrected chi connectivity index (χ1v) is 8.68. The van der Waals surface area contributed by atoms with E-state index in [0.29, 0.717) is 11.4 Å². The molecule has 0 atom stereocenters. The summed E-state index contributed by atoms with van der Waals surface area (Å²) in [5.74, 6) is 0. The topological polar surface area (TPSA) is 58.2 Å². The molecule has 1 aromatic carbocycles. The second kappa shape index (κ2) is 5.58. The van der Waals surface area contributed by atoms with Crippen molar-refractivity contribution in [2.24, 2.45) is 0 Å². The van der Waals surface area contributed by atoms with E-state index in [0.717, 1.165) is 43.5 Å². The number of rotatable bonds is 5. The van der Waals surface area contributed by atoms with Crippen LogP contribution in [0.1, 0.15) is 31.2 Å². The van der Waals surface area contributed by atoms with Gasteiger partial charge in [0, 0.05) is 18.8 Å². The average molecular weight is 292 g/mol. The van der Waals surface area contributed by atoms with E-state index < -0.39 is 10.0 Å². The van der Waals surface area contributed by atoms with Gasteiger partial charge in [-0.2, -0.15) is 0 Å². The molecule has 0 amide bonds. The molecule has 0 aromatic heterocycles. The second-order valence-electron chi connectivity index (χ2n) is 5.40. The van der Waals surface area contributed by atoms with Gasteiger partial charge < -0.3 is 5.32 Å². The second-order valence-corrected chi connectivity index (χ2v) is 7.17. The highest BCUT2D eigenvalue weighted by atomic mass is 32.2. The van der Waals surface area contributed by atoms with Crippen molar-refractivity contribution in [1.29, 1.82) is 0 Å². The van der Waals surface area contributed by atoms with Crippen LogP contribution in [0.4, 0.5) is 5.69 Å². The molecule has 1 aliphatic heterocycles. The van der Waals surface area contributed by atoms with Crippen LogP contribution in [0.25, 0.3) is 0 Å². The molecule has 2 aliphatic rings. The predicted molar refractivity (Wildman–Crippen MR) is 80.4 cm³/mol. The molecular weight excluding hydrogens is 272 g/mol. The molecule has 1 aromatic rings. The van der Waals surface area contributed by atoms with Gasteiger partial charge in [-0.05, 0) is 55.9 Å². The van der Waals surface area contributed by atoms with E-state index in [2.05, 4.69) is 16.1 Å². The third-order valence-electron chi connectivity index (χ3n) is 3.97. The Hall–Kier alpha value is -1.33. The van der Waals surface area contributed by atoms with Crippen molar-refractivity contribution in [3.63, 3.8) is 0 Å². The van der Waals surface area contributed by atoms with Crippen LogP contribution in [0.3, 0.4) is 0 Å². The number of nitrogens with one attached hydrogen (secondary N) is 2. The van der Waals surface area contributed by atoms with Gasteiger partial charge >= 0.3 is 0 Å². The van der Waals surface area contributed by atoms with Crippen molar-refractivity contribution in [2.45, 2.75) is 37.0 Å². The molecule has 0 fully saturated rings. The quantitative estimate of drug-likeness (QED) is 0.820. The van der Waals surface area contributed by atoms with Crippen LogP contribution in [-0.2, 0) is 16.4 Å². The summed E-state index contributed by atoms with van der Waals surface area (Å²) in [5.41, 5.74) is 3.53. The third kappa shape index (κ3) is 2.88. The summed E-state index contributed by atoms with van der Waals surface area (Å²) in [4.78, 5) is 0.375. The van der Waals surface area contributed by atoms with Gasteiger partial charge in [-0.1, -0.05) is 11.6 Å². The van der Waals surface area contributed by atoms with Gasteiger partial charge in [-0.15, -0.1) is 0 Å². The zero-order valence-electron chi connectivity index (χ0n) is 11.5. The zero-order chi connectivity index (χ0) is 14.0. The molecule has 0 spiro atoms. The summed E-state index contributed by atoms with van der Waals surface area (Å²) >= 11 is 0. The minimum Gasteiger partial charge on any atom is -0.384 e. The van der Waals surface area contributed by atoms with Crippen LogP contribution < -0.4 is 10.0 Å². The summed E-state index contributed by atoms with van der Waals surface area (Å²) in [5, 5.41) is 3.24. The van der Waals surface area contributed by atoms with Gasteiger partial charge in [-0.3, -0.25) is 0 Å². The summed E-state index contributed by atoms with van der Waals surface area (Å²) in [7, 11) is -3.38. The monoisotopic (exact) mass is 292 g/mol. The Bertz CT molecular complexity index is 635. The Morgan fingerprint density at radius 2 is 2.15 bits per heavy atom. The molecule has 0 radical (unpaired) electrons. The summed E-state index contributed by atoms with van der Waals surface area (Å²) in [6.45, 7) is 1.38. The van der Waals surface area contributed by atoms with Crippen molar-refractivity contribution < 1.29 is 8.42 Å². The molecule has 4 nitrogen and oxygen atoms in total. The molecule has 0 saturated heterocycles. The summed E-state index contributed by atoms with van der Waals surface area (Å²) < 4.78 is 27.2. The SMILES string of the molecule is O=S(=O)(NCCC1=CCCC1)c1ccc2c(c1)CCN2. The highest BCUT2D eigenvalue weighted by Gasteiger charge is 2.18. The van der Waals surface area contributed by atoms with E-state index in [1.165, 1.54) is 12.0 Å². The number of hydrogen-bond acceptors (Lipinski definition) is 3. The summed E-state index contributed by atoms with van der Waals surface area (Å²) in [6, 6.07) is 5.32. The number of fused-ring (bicyclic) bond motifs is 1. The Kier molecular flexibility index (Phi) is 3.81. The average Bonchev–Trinajstić information content (AvgIpc) is 3.08. The fraction of sp³-hybridized carbons (Fsp3) is 0.467. The van der Waals surface area contributed by atoms with E-state index in [1.54, 1.807) is 12.1 Å². The minimum absolute atomic E-state index is 0.375. The molecule has 3 rings (SSSR count). The van der Waals surface area contributed by atoms with E-state index in [1.807, 2.05) is 6.07 Å². The lowest BCUT2D eigenvalue weighted by Crippen LogP contribution is -2.25. The van der Waals surface area contributed by atoms with Gasteiger partial charge in [-0.25, -0.2) is 13.1 Å². The Morgan fingerprint density at radius 1 is 1.25 bits per heavy atom. The Balaban J connectivity index is 1.65. The molecule has 0 saturated carbocycles. The first-order chi connectivity index (χ1) is 9.65.